The van der Waals surface area contributed by atoms with Crippen molar-refractivity contribution in [3.8, 4) is 0 Å². The van der Waals surface area contributed by atoms with E-state index in [1.54, 1.807) is 4.90 Å². The van der Waals surface area contributed by atoms with Gasteiger partial charge in [-0.15, -0.1) is 0 Å². The molecule has 2 heterocycles. The first-order valence-corrected chi connectivity index (χ1v) is 14.7. The molecule has 1 saturated carbocycles. The predicted octanol–water partition coefficient (Wildman–Crippen LogP) is 4.57. The molecule has 2 saturated heterocycles. The molecule has 1 aromatic carbocycles. The number of para-hydroxylation sites is 1. The number of rotatable bonds is 10. The third-order valence-corrected chi connectivity index (χ3v) is 8.88. The lowest BCUT2D eigenvalue weighted by atomic mass is 9.84. The largest absolute Gasteiger partial charge is 0.354 e. The average molecular weight is 511 g/mol. The summed E-state index contributed by atoms with van der Waals surface area (Å²) in [5.74, 6) is 0.821. The number of nitrogens with zero attached hydrogens (tertiary/aromatic N) is 3. The van der Waals surface area contributed by atoms with Crippen molar-refractivity contribution >= 4 is 23.4 Å². The first kappa shape index (κ1) is 27.5. The number of hydrogen-bond donors (Lipinski definition) is 1. The highest BCUT2D eigenvalue weighted by Gasteiger charge is 2.54. The zero-order chi connectivity index (χ0) is 26.3. The summed E-state index contributed by atoms with van der Waals surface area (Å²) in [5, 5.41) is 3.10. The Morgan fingerprint density at radius 2 is 1.76 bits per heavy atom. The predicted molar refractivity (Wildman–Crippen MR) is 147 cm³/mol. The van der Waals surface area contributed by atoms with Crippen LogP contribution in [-0.4, -0.2) is 65.9 Å². The highest BCUT2D eigenvalue weighted by molar-refractivity contribution is 5.96. The molecule has 0 bridgehead atoms. The first-order valence-electron chi connectivity index (χ1n) is 14.7. The maximum Gasteiger partial charge on any atom is 0.250 e. The van der Waals surface area contributed by atoms with E-state index >= 15 is 0 Å². The Hall–Kier alpha value is -2.57. The summed E-state index contributed by atoms with van der Waals surface area (Å²) in [4.78, 5) is 45.9. The van der Waals surface area contributed by atoms with Crippen molar-refractivity contribution in [2.24, 2.45) is 11.8 Å². The van der Waals surface area contributed by atoms with Gasteiger partial charge in [0, 0.05) is 31.2 Å². The molecule has 37 heavy (non-hydrogen) atoms. The number of nitrogens with one attached hydrogen (secondary N) is 1. The minimum atomic E-state index is -0.701. The molecule has 3 fully saturated rings. The first-order chi connectivity index (χ1) is 18.0. The van der Waals surface area contributed by atoms with Gasteiger partial charge in [0.25, 0.3) is 5.91 Å². The zero-order valence-corrected chi connectivity index (χ0v) is 22.9. The SMILES string of the molecule is CCCCC(CC)C(=O)N1CCC2(CC1)C(=O)N(CC(=O)NCC1CCCCC1)CN2c1ccccc1. The van der Waals surface area contributed by atoms with Gasteiger partial charge >= 0.3 is 0 Å². The Bertz CT molecular complexity index is 907. The maximum absolute atomic E-state index is 13.9. The third kappa shape index (κ3) is 6.29. The van der Waals surface area contributed by atoms with Crippen LogP contribution in [0, 0.1) is 11.8 Å². The van der Waals surface area contributed by atoms with Crippen molar-refractivity contribution < 1.29 is 14.4 Å². The molecule has 1 aromatic rings. The summed E-state index contributed by atoms with van der Waals surface area (Å²) in [7, 11) is 0. The van der Waals surface area contributed by atoms with E-state index in [-0.39, 0.29) is 30.2 Å². The van der Waals surface area contributed by atoms with Crippen LogP contribution in [0.5, 0.6) is 0 Å². The molecule has 3 aliphatic rings. The van der Waals surface area contributed by atoms with Crippen molar-refractivity contribution in [3.05, 3.63) is 30.3 Å². The highest BCUT2D eigenvalue weighted by Crippen LogP contribution is 2.40. The van der Waals surface area contributed by atoms with Gasteiger partial charge < -0.3 is 20.0 Å². The second-order valence-electron chi connectivity index (χ2n) is 11.3. The fourth-order valence-electron chi connectivity index (χ4n) is 6.51. The zero-order valence-electron chi connectivity index (χ0n) is 22.9. The molecule has 1 N–H and O–H groups in total. The minimum absolute atomic E-state index is 0.0225. The topological polar surface area (TPSA) is 73.0 Å². The van der Waals surface area contributed by atoms with Gasteiger partial charge in [0.15, 0.2) is 0 Å². The number of carbonyl (C=O) groups excluding carboxylic acids is 3. The van der Waals surface area contributed by atoms with E-state index in [9.17, 15) is 14.4 Å². The van der Waals surface area contributed by atoms with Gasteiger partial charge in [0.2, 0.25) is 11.8 Å². The molecular formula is C30H46N4O3. The summed E-state index contributed by atoms with van der Waals surface area (Å²) in [5.41, 5.74) is 0.294. The lowest BCUT2D eigenvalue weighted by molar-refractivity contribution is -0.142. The Morgan fingerprint density at radius 3 is 2.41 bits per heavy atom. The van der Waals surface area contributed by atoms with Crippen LogP contribution < -0.4 is 10.2 Å². The van der Waals surface area contributed by atoms with Crippen molar-refractivity contribution in [2.75, 3.05) is 37.7 Å². The van der Waals surface area contributed by atoms with E-state index in [1.165, 1.54) is 32.1 Å². The minimum Gasteiger partial charge on any atom is -0.354 e. The molecule has 1 atom stereocenters. The molecule has 0 aromatic heterocycles. The van der Waals surface area contributed by atoms with Crippen molar-refractivity contribution in [2.45, 2.75) is 90.0 Å². The number of carbonyl (C=O) groups is 3. The molecule has 204 valence electrons. The van der Waals surface area contributed by atoms with E-state index in [0.29, 0.717) is 45.1 Å². The normalized spacial score (nSPS) is 20.9. The monoisotopic (exact) mass is 510 g/mol. The molecule has 7 heteroatoms. The Balaban J connectivity index is 1.43. The Morgan fingerprint density at radius 1 is 1.05 bits per heavy atom. The molecule has 7 nitrogen and oxygen atoms in total. The highest BCUT2D eigenvalue weighted by atomic mass is 16.2. The summed E-state index contributed by atoms with van der Waals surface area (Å²) >= 11 is 0. The van der Waals surface area contributed by atoms with Gasteiger partial charge in [-0.1, -0.05) is 64.2 Å². The lowest BCUT2D eigenvalue weighted by Gasteiger charge is -2.44. The number of amides is 3. The fourth-order valence-corrected chi connectivity index (χ4v) is 6.51. The summed E-state index contributed by atoms with van der Waals surface area (Å²) in [6.45, 7) is 6.63. The maximum atomic E-state index is 13.9. The van der Waals surface area contributed by atoms with Gasteiger partial charge in [0.1, 0.15) is 12.1 Å². The Kier molecular flexibility index (Phi) is 9.49. The van der Waals surface area contributed by atoms with Crippen molar-refractivity contribution in [1.82, 2.24) is 15.1 Å². The number of hydrogen-bond acceptors (Lipinski definition) is 4. The van der Waals surface area contributed by atoms with Crippen LogP contribution in [0.4, 0.5) is 5.69 Å². The van der Waals surface area contributed by atoms with Gasteiger partial charge in [-0.3, -0.25) is 14.4 Å². The number of unbranched alkanes of at least 4 members (excludes halogenated alkanes) is 1. The van der Waals surface area contributed by atoms with E-state index in [1.807, 2.05) is 35.2 Å². The molecule has 4 rings (SSSR count). The van der Waals surface area contributed by atoms with Crippen LogP contribution in [0.2, 0.25) is 0 Å². The molecule has 3 amide bonds. The molecule has 1 unspecified atom stereocenters. The number of anilines is 1. The molecule has 2 aliphatic heterocycles. The summed E-state index contributed by atoms with van der Waals surface area (Å²) in [6, 6.07) is 10.0. The van der Waals surface area contributed by atoms with E-state index in [0.717, 1.165) is 31.4 Å². The molecule has 0 radical (unpaired) electrons. The third-order valence-electron chi connectivity index (χ3n) is 8.88. The number of piperidine rings is 1. The van der Waals surface area contributed by atoms with Gasteiger partial charge in [-0.25, -0.2) is 0 Å². The quantitative estimate of drug-likeness (QED) is 0.501. The van der Waals surface area contributed by atoms with Gasteiger partial charge in [-0.2, -0.15) is 0 Å². The lowest BCUT2D eigenvalue weighted by Crippen LogP contribution is -2.58. The van der Waals surface area contributed by atoms with Crippen LogP contribution in [-0.2, 0) is 14.4 Å². The second-order valence-corrected chi connectivity index (χ2v) is 11.3. The smallest absolute Gasteiger partial charge is 0.250 e. The van der Waals surface area contributed by atoms with Crippen LogP contribution in [0.3, 0.4) is 0 Å². The van der Waals surface area contributed by atoms with E-state index in [2.05, 4.69) is 24.1 Å². The molecule has 1 spiro atoms. The van der Waals surface area contributed by atoms with Crippen LogP contribution >= 0.6 is 0 Å². The van der Waals surface area contributed by atoms with Crippen molar-refractivity contribution in [3.63, 3.8) is 0 Å². The van der Waals surface area contributed by atoms with Gasteiger partial charge in [0.05, 0.1) is 6.67 Å². The summed E-state index contributed by atoms with van der Waals surface area (Å²) < 4.78 is 0. The van der Waals surface area contributed by atoms with E-state index < -0.39 is 5.54 Å². The fraction of sp³-hybridized carbons (Fsp3) is 0.700. The van der Waals surface area contributed by atoms with E-state index in [4.69, 9.17) is 0 Å². The van der Waals surface area contributed by atoms with Crippen molar-refractivity contribution in [1.29, 1.82) is 0 Å². The average Bonchev–Trinajstić information content (AvgIpc) is 3.19. The number of benzene rings is 1. The summed E-state index contributed by atoms with van der Waals surface area (Å²) in [6.07, 6.45) is 11.3. The second kappa shape index (κ2) is 12.8. The Labute approximate surface area is 222 Å². The standard InChI is InChI=1S/C30H46N4O3/c1-3-5-14-25(4-2)28(36)32-19-17-30(18-20-32)29(37)33(23-34(30)26-15-10-7-11-16-26)22-27(35)31-21-24-12-8-6-9-13-24/h7,10-11,15-16,24-25H,3-6,8-9,12-14,17-23H2,1-2H3,(H,31,35). The molecule has 1 aliphatic carbocycles. The van der Waals surface area contributed by atoms with Gasteiger partial charge in [-0.05, 0) is 56.6 Å². The van der Waals surface area contributed by atoms with Crippen LogP contribution in [0.15, 0.2) is 30.3 Å². The van der Waals surface area contributed by atoms with Crippen LogP contribution in [0.1, 0.15) is 84.5 Å². The molecular weight excluding hydrogens is 464 g/mol. The van der Waals surface area contributed by atoms with Crippen LogP contribution in [0.25, 0.3) is 0 Å². The number of likely N-dealkylation sites (tertiary alicyclic amines) is 1.